The summed E-state index contributed by atoms with van der Waals surface area (Å²) < 4.78 is 16.4. The van der Waals surface area contributed by atoms with Gasteiger partial charge in [-0.05, 0) is 6.42 Å². The molecule has 0 aromatic carbocycles. The number of ether oxygens (including phenoxy) is 3. The number of rotatable bonds is 6. The van der Waals surface area contributed by atoms with E-state index in [1.165, 1.54) is 0 Å². The molecule has 0 bridgehead atoms. The number of hydrogen-bond donors (Lipinski definition) is 3. The van der Waals surface area contributed by atoms with E-state index in [4.69, 9.17) is 19.9 Å². The van der Waals surface area contributed by atoms with Crippen molar-refractivity contribution >= 4 is 17.5 Å². The van der Waals surface area contributed by atoms with Gasteiger partial charge in [0.1, 0.15) is 12.4 Å². The monoisotopic (exact) mass is 297 g/mol. The van der Waals surface area contributed by atoms with Gasteiger partial charge in [0.05, 0.1) is 19.9 Å². The van der Waals surface area contributed by atoms with Gasteiger partial charge in [-0.15, -0.1) is 0 Å². The maximum Gasteiger partial charge on any atom is 0.277 e. The van der Waals surface area contributed by atoms with Gasteiger partial charge in [-0.1, -0.05) is 0 Å². The average molecular weight is 297 g/mol. The SMILES string of the molecule is Nc1nc2c(c(=O)[nH]1)NCN2COCCOC1CCCO1. The van der Waals surface area contributed by atoms with Crippen LogP contribution in [0.1, 0.15) is 12.8 Å². The largest absolute Gasteiger partial charge is 0.369 e. The fourth-order valence-corrected chi connectivity index (χ4v) is 2.32. The predicted molar refractivity (Wildman–Crippen MR) is 76.0 cm³/mol. The Kier molecular flexibility index (Phi) is 4.23. The highest BCUT2D eigenvalue weighted by atomic mass is 16.7. The second kappa shape index (κ2) is 6.29. The third-order valence-corrected chi connectivity index (χ3v) is 3.33. The van der Waals surface area contributed by atoms with E-state index in [9.17, 15) is 4.79 Å². The summed E-state index contributed by atoms with van der Waals surface area (Å²) in [5.41, 5.74) is 5.69. The summed E-state index contributed by atoms with van der Waals surface area (Å²) in [5, 5.41) is 2.96. The van der Waals surface area contributed by atoms with Crippen LogP contribution < -0.4 is 21.5 Å². The van der Waals surface area contributed by atoms with Crippen LogP contribution in [-0.2, 0) is 14.2 Å². The lowest BCUT2D eigenvalue weighted by Crippen LogP contribution is -2.27. The highest BCUT2D eigenvalue weighted by Crippen LogP contribution is 2.24. The first kappa shape index (κ1) is 14.1. The number of anilines is 3. The Hall–Kier alpha value is -1.84. The maximum atomic E-state index is 11.7. The van der Waals surface area contributed by atoms with E-state index < -0.39 is 0 Å². The molecule has 0 saturated carbocycles. The molecule has 1 aromatic heterocycles. The summed E-state index contributed by atoms with van der Waals surface area (Å²) in [4.78, 5) is 20.0. The van der Waals surface area contributed by atoms with Crippen molar-refractivity contribution in [2.75, 3.05) is 49.2 Å². The van der Waals surface area contributed by atoms with Crippen LogP contribution in [0.4, 0.5) is 17.5 Å². The number of H-pyrrole nitrogens is 1. The van der Waals surface area contributed by atoms with Crippen molar-refractivity contribution in [1.82, 2.24) is 9.97 Å². The van der Waals surface area contributed by atoms with Crippen LogP contribution in [0, 0.1) is 0 Å². The van der Waals surface area contributed by atoms with Gasteiger partial charge in [-0.2, -0.15) is 4.98 Å². The van der Waals surface area contributed by atoms with Crippen molar-refractivity contribution in [1.29, 1.82) is 0 Å². The van der Waals surface area contributed by atoms with Gasteiger partial charge in [0.25, 0.3) is 5.56 Å². The summed E-state index contributed by atoms with van der Waals surface area (Å²) >= 11 is 0. The number of hydrogen-bond acceptors (Lipinski definition) is 8. The molecule has 2 aliphatic rings. The first-order valence-electron chi connectivity index (χ1n) is 6.93. The van der Waals surface area contributed by atoms with Gasteiger partial charge in [-0.3, -0.25) is 9.78 Å². The van der Waals surface area contributed by atoms with Gasteiger partial charge in [0.15, 0.2) is 12.1 Å². The van der Waals surface area contributed by atoms with Crippen molar-refractivity contribution in [3.63, 3.8) is 0 Å². The number of fused-ring (bicyclic) bond motifs is 1. The summed E-state index contributed by atoms with van der Waals surface area (Å²) in [6, 6.07) is 0. The third-order valence-electron chi connectivity index (χ3n) is 3.33. The Morgan fingerprint density at radius 2 is 2.38 bits per heavy atom. The van der Waals surface area contributed by atoms with E-state index in [1.807, 2.05) is 0 Å². The first-order valence-corrected chi connectivity index (χ1v) is 6.93. The molecule has 9 heteroatoms. The van der Waals surface area contributed by atoms with Crippen LogP contribution in [0.3, 0.4) is 0 Å². The Bertz CT molecular complexity index is 543. The molecule has 9 nitrogen and oxygen atoms in total. The average Bonchev–Trinajstić information content (AvgIpc) is 3.08. The normalized spacial score (nSPS) is 20.6. The fraction of sp³-hybridized carbons (Fsp3) is 0.667. The molecule has 3 heterocycles. The molecular weight excluding hydrogens is 278 g/mol. The molecule has 1 unspecified atom stereocenters. The molecule has 1 atom stereocenters. The Morgan fingerprint density at radius 3 is 3.19 bits per heavy atom. The fourth-order valence-electron chi connectivity index (χ4n) is 2.32. The van der Waals surface area contributed by atoms with Crippen molar-refractivity contribution in [2.45, 2.75) is 19.1 Å². The molecule has 0 radical (unpaired) electrons. The number of nitrogens with one attached hydrogen (secondary N) is 2. The molecule has 2 aliphatic heterocycles. The minimum Gasteiger partial charge on any atom is -0.369 e. The first-order chi connectivity index (χ1) is 10.2. The highest BCUT2D eigenvalue weighted by molar-refractivity contribution is 5.70. The molecule has 21 heavy (non-hydrogen) atoms. The molecular formula is C12H19N5O4. The lowest BCUT2D eigenvalue weighted by atomic mass is 10.4. The molecule has 0 amide bonds. The maximum absolute atomic E-state index is 11.7. The summed E-state index contributed by atoms with van der Waals surface area (Å²) in [6.07, 6.45) is 1.89. The van der Waals surface area contributed by atoms with Crippen molar-refractivity contribution in [3.8, 4) is 0 Å². The predicted octanol–water partition coefficient (Wildman–Crippen LogP) is -0.331. The third kappa shape index (κ3) is 3.26. The van der Waals surface area contributed by atoms with Crippen molar-refractivity contribution in [3.05, 3.63) is 10.4 Å². The van der Waals surface area contributed by atoms with Crippen LogP contribution >= 0.6 is 0 Å². The lowest BCUT2D eigenvalue weighted by Gasteiger charge is -2.17. The zero-order chi connectivity index (χ0) is 14.7. The van der Waals surface area contributed by atoms with Crippen LogP contribution in [0.5, 0.6) is 0 Å². The molecule has 1 fully saturated rings. The van der Waals surface area contributed by atoms with E-state index in [2.05, 4.69) is 15.3 Å². The van der Waals surface area contributed by atoms with Gasteiger partial charge < -0.3 is 30.2 Å². The van der Waals surface area contributed by atoms with E-state index in [0.717, 1.165) is 19.4 Å². The smallest absolute Gasteiger partial charge is 0.277 e. The van der Waals surface area contributed by atoms with E-state index >= 15 is 0 Å². The number of aromatic nitrogens is 2. The minimum atomic E-state index is -0.276. The van der Waals surface area contributed by atoms with Crippen LogP contribution in [0.25, 0.3) is 0 Å². The molecule has 3 rings (SSSR count). The summed E-state index contributed by atoms with van der Waals surface area (Å²) in [6.45, 7) is 2.46. The topological polar surface area (TPSA) is 115 Å². The minimum absolute atomic E-state index is 0.0918. The van der Waals surface area contributed by atoms with Gasteiger partial charge >= 0.3 is 0 Å². The van der Waals surface area contributed by atoms with Gasteiger partial charge in [-0.25, -0.2) is 0 Å². The Morgan fingerprint density at radius 1 is 1.48 bits per heavy atom. The standard InChI is InChI=1S/C12H19N5O4/c13-12-15-10-9(11(18)16-12)14-6-17(10)7-19-4-5-21-8-2-1-3-20-8/h8,14H,1-7H2,(H3,13,15,16,18). The summed E-state index contributed by atoms with van der Waals surface area (Å²) in [5.74, 6) is 0.602. The zero-order valence-corrected chi connectivity index (χ0v) is 11.6. The molecule has 4 N–H and O–H groups in total. The summed E-state index contributed by atoms with van der Waals surface area (Å²) in [7, 11) is 0. The molecule has 1 aromatic rings. The second-order valence-corrected chi connectivity index (χ2v) is 4.88. The Labute approximate surface area is 121 Å². The molecule has 1 saturated heterocycles. The van der Waals surface area contributed by atoms with Crippen molar-refractivity contribution < 1.29 is 14.2 Å². The number of aromatic amines is 1. The highest BCUT2D eigenvalue weighted by Gasteiger charge is 2.23. The molecule has 0 aliphatic carbocycles. The van der Waals surface area contributed by atoms with Crippen molar-refractivity contribution in [2.24, 2.45) is 0 Å². The second-order valence-electron chi connectivity index (χ2n) is 4.88. The van der Waals surface area contributed by atoms with E-state index in [-0.39, 0.29) is 17.8 Å². The van der Waals surface area contributed by atoms with Crippen LogP contribution in [-0.4, -0.2) is 49.5 Å². The lowest BCUT2D eigenvalue weighted by molar-refractivity contribution is -0.121. The Balaban J connectivity index is 1.44. The van der Waals surface area contributed by atoms with Crippen LogP contribution in [0.2, 0.25) is 0 Å². The van der Waals surface area contributed by atoms with Gasteiger partial charge in [0.2, 0.25) is 5.95 Å². The quantitative estimate of drug-likeness (QED) is 0.611. The number of nitrogens with two attached hydrogens (primary N) is 1. The molecule has 0 spiro atoms. The van der Waals surface area contributed by atoms with E-state index in [1.54, 1.807) is 4.90 Å². The number of nitrogen functional groups attached to an aromatic ring is 1. The zero-order valence-electron chi connectivity index (χ0n) is 11.6. The van der Waals surface area contributed by atoms with E-state index in [0.29, 0.717) is 38.1 Å². The molecule has 116 valence electrons. The van der Waals surface area contributed by atoms with Crippen LogP contribution in [0.15, 0.2) is 4.79 Å². The number of nitrogens with zero attached hydrogens (tertiary/aromatic N) is 2. The van der Waals surface area contributed by atoms with Gasteiger partial charge in [0, 0.05) is 13.0 Å².